The van der Waals surface area contributed by atoms with E-state index in [1.54, 1.807) is 0 Å². The lowest BCUT2D eigenvalue weighted by atomic mass is 10.0. The molecule has 6 heteroatoms. The Hall–Kier alpha value is -1.92. The number of aliphatic hydroxyl groups excluding tert-OH is 2. The third kappa shape index (κ3) is 69.1. The zero-order chi connectivity index (χ0) is 59.9. The van der Waals surface area contributed by atoms with E-state index in [1.807, 2.05) is 0 Å². The number of rotatable bonds is 71. The maximum atomic E-state index is 12.5. The van der Waals surface area contributed by atoms with Crippen molar-refractivity contribution in [1.82, 2.24) is 5.32 Å². The van der Waals surface area contributed by atoms with Crippen molar-refractivity contribution in [3.05, 3.63) is 36.5 Å². The molecule has 0 fully saturated rings. The Kier molecular flexibility index (Phi) is 70.9. The molecule has 0 saturated heterocycles. The molecule has 3 N–H and O–H groups in total. The molecule has 6 nitrogen and oxygen atoms in total. The highest BCUT2D eigenvalue weighted by atomic mass is 16.5. The molecule has 83 heavy (non-hydrogen) atoms. The van der Waals surface area contributed by atoms with Crippen molar-refractivity contribution in [2.75, 3.05) is 13.2 Å². The lowest BCUT2D eigenvalue weighted by molar-refractivity contribution is -0.143. The smallest absolute Gasteiger partial charge is 0.305 e. The highest BCUT2D eigenvalue weighted by molar-refractivity contribution is 5.76. The van der Waals surface area contributed by atoms with Gasteiger partial charge in [-0.1, -0.05) is 365 Å². The fourth-order valence-corrected chi connectivity index (χ4v) is 11.9. The molecule has 0 aromatic heterocycles. The maximum Gasteiger partial charge on any atom is 0.305 e. The van der Waals surface area contributed by atoms with Crippen LogP contribution in [0, 0.1) is 0 Å². The topological polar surface area (TPSA) is 95.9 Å². The van der Waals surface area contributed by atoms with E-state index in [1.165, 1.54) is 334 Å². The van der Waals surface area contributed by atoms with Crippen LogP contribution in [0.3, 0.4) is 0 Å². The molecular weight excluding hydrogens is 1020 g/mol. The minimum atomic E-state index is -0.662. The summed E-state index contributed by atoms with van der Waals surface area (Å²) in [6.07, 6.45) is 93.7. The zero-order valence-corrected chi connectivity index (χ0v) is 56.2. The van der Waals surface area contributed by atoms with Crippen LogP contribution in [-0.4, -0.2) is 47.4 Å². The molecule has 2 atom stereocenters. The first-order valence-electron chi connectivity index (χ1n) is 37.7. The monoisotopic (exact) mass is 1170 g/mol. The summed E-state index contributed by atoms with van der Waals surface area (Å²) in [5, 5.41) is 23.4. The van der Waals surface area contributed by atoms with E-state index < -0.39 is 12.1 Å². The number of amides is 1. The summed E-state index contributed by atoms with van der Waals surface area (Å²) < 4.78 is 5.47. The van der Waals surface area contributed by atoms with Crippen LogP contribution in [0.15, 0.2) is 36.5 Å². The number of ether oxygens (including phenoxy) is 1. The van der Waals surface area contributed by atoms with Gasteiger partial charge in [0, 0.05) is 12.8 Å². The fourth-order valence-electron chi connectivity index (χ4n) is 11.9. The van der Waals surface area contributed by atoms with E-state index >= 15 is 0 Å². The van der Waals surface area contributed by atoms with Gasteiger partial charge >= 0.3 is 5.97 Å². The van der Waals surface area contributed by atoms with E-state index in [0.717, 1.165) is 51.4 Å². The Bertz CT molecular complexity index is 1340. The average Bonchev–Trinajstić information content (AvgIpc) is 3.50. The van der Waals surface area contributed by atoms with E-state index in [-0.39, 0.29) is 18.5 Å². The molecule has 2 unspecified atom stereocenters. The van der Waals surface area contributed by atoms with Crippen molar-refractivity contribution in [3.8, 4) is 0 Å². The van der Waals surface area contributed by atoms with Crippen LogP contribution >= 0.6 is 0 Å². The van der Waals surface area contributed by atoms with E-state index in [2.05, 4.69) is 55.6 Å². The third-order valence-electron chi connectivity index (χ3n) is 17.7. The molecule has 0 aliphatic rings. The molecule has 0 aromatic rings. The van der Waals surface area contributed by atoms with Gasteiger partial charge in [-0.3, -0.25) is 9.59 Å². The molecule has 0 saturated carbocycles. The summed E-state index contributed by atoms with van der Waals surface area (Å²) in [4.78, 5) is 24.5. The average molecular weight is 1170 g/mol. The van der Waals surface area contributed by atoms with Crippen LogP contribution < -0.4 is 5.32 Å². The van der Waals surface area contributed by atoms with Gasteiger partial charge in [0.2, 0.25) is 5.91 Å². The molecule has 0 aliphatic heterocycles. The highest BCUT2D eigenvalue weighted by Gasteiger charge is 2.20. The van der Waals surface area contributed by atoms with Gasteiger partial charge in [0.1, 0.15) is 0 Å². The standard InChI is InChI=1S/C77H147NO5/c1-3-5-7-9-11-13-15-16-17-43-46-50-53-57-61-65-69-75(80)74(73-79)78-76(81)70-66-62-58-54-51-47-44-41-39-37-35-33-31-29-27-25-23-21-19-18-20-22-24-26-28-30-32-34-36-38-40-42-45-48-52-56-60-64-68-72-83-77(82)71-67-63-59-55-49-14-12-10-8-6-4-2/h10,12,18-19,22,24,74-75,79-80H,3-9,11,13-17,20-21,23,25-73H2,1-2H3,(H,78,81)/b12-10-,19-18-,24-22-. The number of aliphatic hydroxyl groups is 2. The molecule has 0 heterocycles. The lowest BCUT2D eigenvalue weighted by Gasteiger charge is -2.22. The minimum Gasteiger partial charge on any atom is -0.466 e. The molecule has 0 spiro atoms. The first kappa shape index (κ1) is 81.1. The van der Waals surface area contributed by atoms with E-state index in [0.29, 0.717) is 25.9 Å². The molecule has 0 aromatic carbocycles. The van der Waals surface area contributed by atoms with Crippen LogP contribution in [0.1, 0.15) is 418 Å². The van der Waals surface area contributed by atoms with Crippen LogP contribution in [0.5, 0.6) is 0 Å². The number of hydrogen-bond donors (Lipinski definition) is 3. The van der Waals surface area contributed by atoms with Crippen molar-refractivity contribution in [2.24, 2.45) is 0 Å². The van der Waals surface area contributed by atoms with Gasteiger partial charge in [-0.15, -0.1) is 0 Å². The second-order valence-electron chi connectivity index (χ2n) is 26.0. The Morgan fingerprint density at radius 3 is 0.964 bits per heavy atom. The van der Waals surface area contributed by atoms with Crippen LogP contribution in [0.25, 0.3) is 0 Å². The fraction of sp³-hybridized carbons (Fsp3) is 0.896. The van der Waals surface area contributed by atoms with Gasteiger partial charge in [-0.25, -0.2) is 0 Å². The minimum absolute atomic E-state index is 0.00949. The van der Waals surface area contributed by atoms with Gasteiger partial charge < -0.3 is 20.3 Å². The van der Waals surface area contributed by atoms with Crippen molar-refractivity contribution in [1.29, 1.82) is 0 Å². The predicted octanol–water partition coefficient (Wildman–Crippen LogP) is 24.7. The summed E-state index contributed by atoms with van der Waals surface area (Å²) in [6.45, 7) is 4.95. The quantitative estimate of drug-likeness (QED) is 0.0320. The Morgan fingerprint density at radius 1 is 0.337 bits per heavy atom. The molecule has 0 rings (SSSR count). The summed E-state index contributed by atoms with van der Waals surface area (Å²) >= 11 is 0. The second-order valence-corrected chi connectivity index (χ2v) is 26.0. The Labute approximate surface area is 519 Å². The van der Waals surface area contributed by atoms with E-state index in [9.17, 15) is 19.8 Å². The summed E-state index contributed by atoms with van der Waals surface area (Å²) in [7, 11) is 0. The molecule has 0 radical (unpaired) electrons. The summed E-state index contributed by atoms with van der Waals surface area (Å²) in [5.41, 5.74) is 0. The maximum absolute atomic E-state index is 12.5. The van der Waals surface area contributed by atoms with Gasteiger partial charge in [-0.05, 0) is 77.0 Å². The summed E-state index contributed by atoms with van der Waals surface area (Å²) in [6, 6.07) is -0.539. The normalized spacial score (nSPS) is 12.7. The Morgan fingerprint density at radius 2 is 0.614 bits per heavy atom. The second kappa shape index (κ2) is 72.6. The van der Waals surface area contributed by atoms with Crippen molar-refractivity contribution in [2.45, 2.75) is 431 Å². The highest BCUT2D eigenvalue weighted by Crippen LogP contribution is 2.19. The number of esters is 1. The lowest BCUT2D eigenvalue weighted by Crippen LogP contribution is -2.45. The van der Waals surface area contributed by atoms with Gasteiger partial charge in [-0.2, -0.15) is 0 Å². The van der Waals surface area contributed by atoms with E-state index in [4.69, 9.17) is 4.74 Å². The molecule has 0 aliphatic carbocycles. The van der Waals surface area contributed by atoms with Gasteiger partial charge in [0.05, 0.1) is 25.4 Å². The predicted molar refractivity (Wildman–Crippen MR) is 366 cm³/mol. The first-order valence-corrected chi connectivity index (χ1v) is 37.7. The first-order chi connectivity index (χ1) is 41.0. The van der Waals surface area contributed by atoms with Crippen LogP contribution in [0.4, 0.5) is 0 Å². The molecule has 490 valence electrons. The Balaban J connectivity index is 3.35. The van der Waals surface area contributed by atoms with Crippen LogP contribution in [0.2, 0.25) is 0 Å². The number of hydrogen-bond acceptors (Lipinski definition) is 5. The number of carbonyl (C=O) groups is 2. The SMILES string of the molecule is CCCC/C=C\CCCCCCCC(=O)OCCCCCCCCCCCCCCCCC/C=C\C/C=C\CCCCCCCCCCCCCCCCCCCC(=O)NC(CO)C(O)CCCCCCCCCCCCCCCCCC. The number of nitrogens with one attached hydrogen (secondary N) is 1. The van der Waals surface area contributed by atoms with Gasteiger partial charge in [0.15, 0.2) is 0 Å². The van der Waals surface area contributed by atoms with Crippen molar-refractivity contribution < 1.29 is 24.5 Å². The zero-order valence-electron chi connectivity index (χ0n) is 56.2. The summed E-state index contributed by atoms with van der Waals surface area (Å²) in [5.74, 6) is -0.0190. The molecular formula is C77H147NO5. The largest absolute Gasteiger partial charge is 0.466 e. The van der Waals surface area contributed by atoms with Gasteiger partial charge in [0.25, 0.3) is 0 Å². The van der Waals surface area contributed by atoms with Crippen molar-refractivity contribution >= 4 is 11.9 Å². The number of allylic oxidation sites excluding steroid dienone is 6. The number of carbonyl (C=O) groups excluding carboxylic acids is 2. The molecule has 0 bridgehead atoms. The number of unbranched alkanes of at least 4 members (excludes halogenated alkanes) is 54. The third-order valence-corrected chi connectivity index (χ3v) is 17.7. The molecule has 1 amide bonds. The van der Waals surface area contributed by atoms with Crippen LogP contribution in [-0.2, 0) is 14.3 Å². The van der Waals surface area contributed by atoms with Crippen molar-refractivity contribution in [3.63, 3.8) is 0 Å².